The fourth-order valence-electron chi connectivity index (χ4n) is 7.89. The highest BCUT2D eigenvalue weighted by atomic mass is 32.1. The maximum absolute atomic E-state index is 9.44. The fraction of sp³-hybridized carbons (Fsp3) is 0. The van der Waals surface area contributed by atoms with Crippen molar-refractivity contribution in [3.05, 3.63) is 217 Å². The maximum atomic E-state index is 9.44. The highest BCUT2D eigenvalue weighted by molar-refractivity contribution is 7.27. The van der Waals surface area contributed by atoms with E-state index in [1.165, 1.54) is 42.6 Å². The van der Waals surface area contributed by atoms with Crippen molar-refractivity contribution in [1.82, 2.24) is 0 Å². The molecule has 1 aromatic heterocycles. The average molecular weight is 746 g/mol. The highest BCUT2D eigenvalue weighted by Gasteiger charge is 2.19. The van der Waals surface area contributed by atoms with Crippen LogP contribution in [0.4, 0.5) is 0 Å². The highest BCUT2D eigenvalue weighted by Crippen LogP contribution is 2.47. The maximum Gasteiger partial charge on any atom is 0.161 e. The standard InChI is InChI=1S/C53H35N3S/c54-52(47-31-39-25-13-14-26-42(39)44-27-15-16-28-45(44)47)56-53(38-23-11-4-12-24-38)55-34-40-29-30-43(36-19-7-2-8-20-36)51-49(40)48-33-41(35-17-5-1-6-18-35)32-46(50(48)57-51)37-21-9-3-10-22-37/h1-34,54H. The van der Waals surface area contributed by atoms with Gasteiger partial charge in [0.05, 0.1) is 0 Å². The van der Waals surface area contributed by atoms with Gasteiger partial charge in [0.1, 0.15) is 0 Å². The Kier molecular flexibility index (Phi) is 8.86. The van der Waals surface area contributed by atoms with Gasteiger partial charge in [-0.2, -0.15) is 0 Å². The minimum Gasteiger partial charge on any atom is -0.282 e. The van der Waals surface area contributed by atoms with E-state index < -0.39 is 0 Å². The average Bonchev–Trinajstić information content (AvgIpc) is 3.68. The number of nitrogens with zero attached hydrogens (tertiary/aromatic N) is 2. The largest absolute Gasteiger partial charge is 0.282 e. The van der Waals surface area contributed by atoms with E-state index in [0.29, 0.717) is 5.84 Å². The Morgan fingerprint density at radius 2 is 1.04 bits per heavy atom. The van der Waals surface area contributed by atoms with E-state index in [2.05, 4.69) is 158 Å². The zero-order valence-electron chi connectivity index (χ0n) is 30.9. The molecule has 0 aliphatic rings. The quantitative estimate of drug-likeness (QED) is 0.100. The molecule has 0 saturated heterocycles. The molecule has 10 rings (SSSR count). The topological polar surface area (TPSA) is 48.6 Å². The predicted molar refractivity (Wildman–Crippen MR) is 244 cm³/mol. The van der Waals surface area contributed by atoms with Crippen LogP contribution in [-0.2, 0) is 0 Å². The van der Waals surface area contributed by atoms with Crippen LogP contribution in [-0.4, -0.2) is 17.9 Å². The lowest BCUT2D eigenvalue weighted by Crippen LogP contribution is -2.05. The van der Waals surface area contributed by atoms with Gasteiger partial charge in [0.15, 0.2) is 11.7 Å². The Labute approximate surface area is 335 Å². The summed E-state index contributed by atoms with van der Waals surface area (Å²) in [5.41, 5.74) is 9.68. The van der Waals surface area contributed by atoms with E-state index in [-0.39, 0.29) is 5.84 Å². The van der Waals surface area contributed by atoms with Crippen molar-refractivity contribution in [1.29, 1.82) is 5.41 Å². The fourth-order valence-corrected chi connectivity index (χ4v) is 9.28. The minimum absolute atomic E-state index is 0.165. The SMILES string of the molecule is N=C(N=C(N=Cc1ccc(-c2ccccc2)c2sc3c(-c4ccccc4)cc(-c4ccccc4)cc3c12)c1ccccc1)c1cc2ccccc2c2ccccc12. The summed E-state index contributed by atoms with van der Waals surface area (Å²) in [6.45, 7) is 0. The van der Waals surface area contributed by atoms with Crippen LogP contribution in [0.25, 0.3) is 75.1 Å². The van der Waals surface area contributed by atoms with Crippen LogP contribution in [0.5, 0.6) is 0 Å². The molecule has 1 N–H and O–H groups in total. The zero-order chi connectivity index (χ0) is 38.1. The van der Waals surface area contributed by atoms with Crippen LogP contribution < -0.4 is 0 Å². The number of fused-ring (bicyclic) bond motifs is 6. The van der Waals surface area contributed by atoms with Crippen molar-refractivity contribution in [2.24, 2.45) is 9.98 Å². The van der Waals surface area contributed by atoms with E-state index in [1.807, 2.05) is 60.0 Å². The lowest BCUT2D eigenvalue weighted by Gasteiger charge is -2.11. The first-order valence-corrected chi connectivity index (χ1v) is 19.9. The van der Waals surface area contributed by atoms with Crippen molar-refractivity contribution >= 4 is 70.9 Å². The van der Waals surface area contributed by atoms with E-state index in [4.69, 9.17) is 9.98 Å². The number of aliphatic imine (C=N–C) groups is 2. The summed E-state index contributed by atoms with van der Waals surface area (Å²) in [4.78, 5) is 10.2. The molecule has 57 heavy (non-hydrogen) atoms. The summed E-state index contributed by atoms with van der Waals surface area (Å²) in [6.07, 6.45) is 1.94. The Morgan fingerprint density at radius 1 is 0.456 bits per heavy atom. The third-order valence-corrected chi connectivity index (χ3v) is 11.9. The second-order valence-corrected chi connectivity index (χ2v) is 15.1. The Morgan fingerprint density at radius 3 is 1.74 bits per heavy atom. The second kappa shape index (κ2) is 14.8. The van der Waals surface area contributed by atoms with Crippen molar-refractivity contribution in [3.8, 4) is 33.4 Å². The number of amidine groups is 2. The van der Waals surface area contributed by atoms with E-state index >= 15 is 0 Å². The normalized spacial score (nSPS) is 12.0. The molecule has 0 aliphatic carbocycles. The van der Waals surface area contributed by atoms with Gasteiger partial charge in [-0.1, -0.05) is 182 Å². The van der Waals surface area contributed by atoms with E-state index in [0.717, 1.165) is 49.2 Å². The Bertz CT molecular complexity index is 3170. The lowest BCUT2D eigenvalue weighted by atomic mass is 9.94. The summed E-state index contributed by atoms with van der Waals surface area (Å²) in [5, 5.41) is 16.1. The van der Waals surface area contributed by atoms with Crippen LogP contribution in [0, 0.1) is 5.41 Å². The second-order valence-electron chi connectivity index (χ2n) is 14.1. The van der Waals surface area contributed by atoms with Crippen molar-refractivity contribution < 1.29 is 0 Å². The molecule has 0 aliphatic heterocycles. The first-order chi connectivity index (χ1) is 28.2. The molecule has 4 heteroatoms. The first kappa shape index (κ1) is 34.2. The van der Waals surface area contributed by atoms with Gasteiger partial charge in [0.25, 0.3) is 0 Å². The number of hydrogen-bond donors (Lipinski definition) is 1. The smallest absolute Gasteiger partial charge is 0.161 e. The summed E-state index contributed by atoms with van der Waals surface area (Å²) in [6, 6.07) is 69.7. The number of thiophene rings is 1. The van der Waals surface area contributed by atoms with Crippen molar-refractivity contribution in [2.45, 2.75) is 0 Å². The monoisotopic (exact) mass is 745 g/mol. The van der Waals surface area contributed by atoms with E-state index in [1.54, 1.807) is 0 Å². The molecular weight excluding hydrogens is 711 g/mol. The van der Waals surface area contributed by atoms with Gasteiger partial charge in [-0.15, -0.1) is 11.3 Å². The number of hydrogen-bond acceptors (Lipinski definition) is 2. The third-order valence-electron chi connectivity index (χ3n) is 10.6. The molecule has 0 bridgehead atoms. The molecule has 1 heterocycles. The summed E-state index contributed by atoms with van der Waals surface area (Å²) >= 11 is 1.84. The number of rotatable bonds is 6. The van der Waals surface area contributed by atoms with Crippen molar-refractivity contribution in [3.63, 3.8) is 0 Å². The van der Waals surface area contributed by atoms with Gasteiger partial charge in [0.2, 0.25) is 0 Å². The van der Waals surface area contributed by atoms with Crippen molar-refractivity contribution in [2.75, 3.05) is 0 Å². The molecule has 10 aromatic rings. The minimum atomic E-state index is 0.165. The van der Waals surface area contributed by atoms with Crippen LogP contribution in [0.15, 0.2) is 210 Å². The third kappa shape index (κ3) is 6.42. The van der Waals surface area contributed by atoms with Gasteiger partial charge in [-0.05, 0) is 67.6 Å². The van der Waals surface area contributed by atoms with Crippen LogP contribution >= 0.6 is 11.3 Å². The molecule has 0 unspecified atom stereocenters. The van der Waals surface area contributed by atoms with E-state index in [9.17, 15) is 5.41 Å². The molecule has 0 fully saturated rings. The zero-order valence-corrected chi connectivity index (χ0v) is 31.7. The summed E-state index contributed by atoms with van der Waals surface area (Å²) in [7, 11) is 0. The Balaban J connectivity index is 1.19. The number of benzene rings is 9. The summed E-state index contributed by atoms with van der Waals surface area (Å²) < 4.78 is 2.44. The number of nitrogens with one attached hydrogen (secondary N) is 1. The molecule has 268 valence electrons. The molecule has 0 amide bonds. The molecule has 9 aromatic carbocycles. The first-order valence-electron chi connectivity index (χ1n) is 19.1. The van der Waals surface area contributed by atoms with Crippen LogP contribution in [0.3, 0.4) is 0 Å². The van der Waals surface area contributed by atoms with Gasteiger partial charge >= 0.3 is 0 Å². The predicted octanol–water partition coefficient (Wildman–Crippen LogP) is 14.3. The lowest BCUT2D eigenvalue weighted by molar-refractivity contribution is 1.41. The molecule has 0 radical (unpaired) electrons. The summed E-state index contributed by atoms with van der Waals surface area (Å²) in [5.74, 6) is 0.645. The Hall–Kier alpha value is -7.27. The van der Waals surface area contributed by atoms with Crippen LogP contribution in [0.2, 0.25) is 0 Å². The van der Waals surface area contributed by atoms with Crippen LogP contribution in [0.1, 0.15) is 16.7 Å². The molecule has 0 saturated carbocycles. The van der Waals surface area contributed by atoms with Gasteiger partial charge in [0, 0.05) is 48.6 Å². The van der Waals surface area contributed by atoms with Gasteiger partial charge < -0.3 is 0 Å². The molecule has 3 nitrogen and oxygen atoms in total. The molecule has 0 spiro atoms. The molecule has 0 atom stereocenters. The van der Waals surface area contributed by atoms with Gasteiger partial charge in [-0.3, -0.25) is 5.41 Å². The van der Waals surface area contributed by atoms with Gasteiger partial charge in [-0.25, -0.2) is 9.98 Å². The molecular formula is C53H35N3S.